The zero-order valence-corrected chi connectivity index (χ0v) is 14.9. The Kier molecular flexibility index (Phi) is 5.48. The number of anilines is 1. The van der Waals surface area contributed by atoms with Crippen molar-refractivity contribution in [3.63, 3.8) is 0 Å². The highest BCUT2D eigenvalue weighted by molar-refractivity contribution is 9.10. The van der Waals surface area contributed by atoms with Gasteiger partial charge in [-0.05, 0) is 33.6 Å². The van der Waals surface area contributed by atoms with Gasteiger partial charge >= 0.3 is 0 Å². The molecule has 1 saturated heterocycles. The van der Waals surface area contributed by atoms with E-state index in [9.17, 15) is 5.11 Å². The number of aliphatic hydroxyl groups excluding tert-OH is 1. The Morgan fingerprint density at radius 3 is 2.48 bits per heavy atom. The SMILES string of the molecule is OCC(c1ccc(Cl)cc1)N1CCN(c2ncncc2Br)CC1. The summed E-state index contributed by atoms with van der Waals surface area (Å²) >= 11 is 9.45. The van der Waals surface area contributed by atoms with Crippen molar-refractivity contribution in [3.05, 3.63) is 51.8 Å². The number of halogens is 2. The molecule has 1 fully saturated rings. The minimum Gasteiger partial charge on any atom is -0.394 e. The van der Waals surface area contributed by atoms with Crippen molar-refractivity contribution in [1.29, 1.82) is 0 Å². The summed E-state index contributed by atoms with van der Waals surface area (Å²) in [4.78, 5) is 12.9. The number of hydrogen-bond acceptors (Lipinski definition) is 5. The van der Waals surface area contributed by atoms with Crippen molar-refractivity contribution in [3.8, 4) is 0 Å². The lowest BCUT2D eigenvalue weighted by molar-refractivity contribution is 0.117. The Bertz CT molecular complexity index is 647. The Hall–Kier alpha value is -1.21. The lowest BCUT2D eigenvalue weighted by Crippen LogP contribution is -2.48. The Morgan fingerprint density at radius 2 is 1.87 bits per heavy atom. The molecule has 3 rings (SSSR count). The zero-order valence-electron chi connectivity index (χ0n) is 12.6. The minimum absolute atomic E-state index is 0.00302. The summed E-state index contributed by atoms with van der Waals surface area (Å²) in [5, 5.41) is 10.5. The first-order valence-electron chi connectivity index (χ1n) is 7.50. The van der Waals surface area contributed by atoms with E-state index in [4.69, 9.17) is 11.6 Å². The average Bonchev–Trinajstić information content (AvgIpc) is 2.58. The second-order valence-electron chi connectivity index (χ2n) is 5.47. The fourth-order valence-corrected chi connectivity index (χ4v) is 3.50. The average molecular weight is 398 g/mol. The molecule has 2 heterocycles. The normalized spacial score (nSPS) is 17.3. The maximum atomic E-state index is 9.81. The van der Waals surface area contributed by atoms with Gasteiger partial charge in [-0.1, -0.05) is 23.7 Å². The molecule has 0 spiro atoms. The van der Waals surface area contributed by atoms with Crippen LogP contribution in [0.15, 0.2) is 41.3 Å². The van der Waals surface area contributed by atoms with Crippen molar-refractivity contribution < 1.29 is 5.11 Å². The summed E-state index contributed by atoms with van der Waals surface area (Å²) < 4.78 is 0.907. The van der Waals surface area contributed by atoms with Crippen LogP contribution in [0, 0.1) is 0 Å². The highest BCUT2D eigenvalue weighted by Gasteiger charge is 2.25. The molecule has 2 aromatic rings. The van der Waals surface area contributed by atoms with Gasteiger partial charge in [0.05, 0.1) is 17.1 Å². The smallest absolute Gasteiger partial charge is 0.146 e. The molecule has 0 radical (unpaired) electrons. The van der Waals surface area contributed by atoms with Gasteiger partial charge in [0.1, 0.15) is 12.1 Å². The van der Waals surface area contributed by atoms with E-state index < -0.39 is 0 Å². The van der Waals surface area contributed by atoms with E-state index in [0.29, 0.717) is 5.02 Å². The quantitative estimate of drug-likeness (QED) is 0.860. The van der Waals surface area contributed by atoms with Crippen molar-refractivity contribution in [2.75, 3.05) is 37.7 Å². The Labute approximate surface area is 149 Å². The molecule has 1 N–H and O–H groups in total. The van der Waals surface area contributed by atoms with Gasteiger partial charge in [0, 0.05) is 37.4 Å². The van der Waals surface area contributed by atoms with Crippen LogP contribution in [0.3, 0.4) is 0 Å². The Morgan fingerprint density at radius 1 is 1.17 bits per heavy atom. The van der Waals surface area contributed by atoms with Crippen LogP contribution < -0.4 is 4.90 Å². The van der Waals surface area contributed by atoms with E-state index in [2.05, 4.69) is 35.7 Å². The molecule has 122 valence electrons. The van der Waals surface area contributed by atoms with Crippen molar-refractivity contribution in [2.45, 2.75) is 6.04 Å². The third-order valence-electron chi connectivity index (χ3n) is 4.13. The first kappa shape index (κ1) is 16.6. The third kappa shape index (κ3) is 3.83. The first-order chi connectivity index (χ1) is 11.2. The maximum absolute atomic E-state index is 9.81. The number of aliphatic hydroxyl groups is 1. The molecular weight excluding hydrogens is 380 g/mol. The second-order valence-corrected chi connectivity index (χ2v) is 6.76. The number of piperazine rings is 1. The maximum Gasteiger partial charge on any atom is 0.146 e. The van der Waals surface area contributed by atoms with Gasteiger partial charge in [0.15, 0.2) is 0 Å². The molecule has 23 heavy (non-hydrogen) atoms. The number of aromatic nitrogens is 2. The number of hydrogen-bond donors (Lipinski definition) is 1. The third-order valence-corrected chi connectivity index (χ3v) is 4.94. The van der Waals surface area contributed by atoms with E-state index in [0.717, 1.165) is 42.0 Å². The van der Waals surface area contributed by atoms with Gasteiger partial charge in [-0.25, -0.2) is 9.97 Å². The number of nitrogens with zero attached hydrogens (tertiary/aromatic N) is 4. The van der Waals surface area contributed by atoms with Gasteiger partial charge < -0.3 is 10.0 Å². The molecule has 0 amide bonds. The molecule has 1 unspecified atom stereocenters. The standard InChI is InChI=1S/C16H18BrClN4O/c17-14-9-19-11-20-16(14)22-7-5-21(6-8-22)15(10-23)12-1-3-13(18)4-2-12/h1-4,9,11,15,23H,5-8,10H2. The van der Waals surface area contributed by atoms with Crippen molar-refractivity contribution in [1.82, 2.24) is 14.9 Å². The minimum atomic E-state index is 0.00302. The number of benzene rings is 1. The van der Waals surface area contributed by atoms with E-state index in [1.54, 1.807) is 12.5 Å². The Balaban J connectivity index is 1.68. The largest absolute Gasteiger partial charge is 0.394 e. The van der Waals surface area contributed by atoms with E-state index in [1.165, 1.54) is 0 Å². The van der Waals surface area contributed by atoms with Crippen LogP contribution in [0.1, 0.15) is 11.6 Å². The van der Waals surface area contributed by atoms with Crippen LogP contribution in [0.4, 0.5) is 5.82 Å². The lowest BCUT2D eigenvalue weighted by atomic mass is 10.1. The fourth-order valence-electron chi connectivity index (χ4n) is 2.90. The van der Waals surface area contributed by atoms with Crippen LogP contribution in [-0.2, 0) is 0 Å². The molecular formula is C16H18BrClN4O. The molecule has 1 aliphatic heterocycles. The summed E-state index contributed by atoms with van der Waals surface area (Å²) in [5.41, 5.74) is 1.09. The van der Waals surface area contributed by atoms with Crippen LogP contribution in [0.2, 0.25) is 5.02 Å². The zero-order chi connectivity index (χ0) is 16.2. The van der Waals surface area contributed by atoms with Gasteiger partial charge in [-0.15, -0.1) is 0 Å². The highest BCUT2D eigenvalue weighted by atomic mass is 79.9. The fraction of sp³-hybridized carbons (Fsp3) is 0.375. The van der Waals surface area contributed by atoms with Crippen LogP contribution in [-0.4, -0.2) is 52.8 Å². The predicted molar refractivity (Wildman–Crippen MR) is 94.8 cm³/mol. The molecule has 0 saturated carbocycles. The van der Waals surface area contributed by atoms with Gasteiger partial charge in [0.25, 0.3) is 0 Å². The molecule has 0 bridgehead atoms. The number of rotatable bonds is 4. The molecule has 1 aromatic heterocycles. The first-order valence-corrected chi connectivity index (χ1v) is 8.67. The van der Waals surface area contributed by atoms with Gasteiger partial charge in [-0.3, -0.25) is 4.90 Å². The molecule has 5 nitrogen and oxygen atoms in total. The lowest BCUT2D eigenvalue weighted by Gasteiger charge is -2.39. The monoisotopic (exact) mass is 396 g/mol. The predicted octanol–water partition coefficient (Wildman–Crippen LogP) is 2.75. The van der Waals surface area contributed by atoms with Gasteiger partial charge in [-0.2, -0.15) is 0 Å². The van der Waals surface area contributed by atoms with Crippen LogP contribution in [0.5, 0.6) is 0 Å². The summed E-state index contributed by atoms with van der Waals surface area (Å²) in [6.45, 7) is 3.55. The van der Waals surface area contributed by atoms with Crippen LogP contribution >= 0.6 is 27.5 Å². The van der Waals surface area contributed by atoms with E-state index in [1.807, 2.05) is 24.3 Å². The van der Waals surface area contributed by atoms with Crippen molar-refractivity contribution >= 4 is 33.3 Å². The summed E-state index contributed by atoms with van der Waals surface area (Å²) in [7, 11) is 0. The van der Waals surface area contributed by atoms with E-state index in [-0.39, 0.29) is 12.6 Å². The van der Waals surface area contributed by atoms with E-state index >= 15 is 0 Å². The molecule has 1 atom stereocenters. The summed E-state index contributed by atoms with van der Waals surface area (Å²) in [6, 6.07) is 7.71. The molecule has 1 aliphatic rings. The second kappa shape index (κ2) is 7.57. The molecule has 7 heteroatoms. The summed E-state index contributed by atoms with van der Waals surface area (Å²) in [6.07, 6.45) is 3.33. The van der Waals surface area contributed by atoms with Crippen LogP contribution in [0.25, 0.3) is 0 Å². The van der Waals surface area contributed by atoms with Gasteiger partial charge in [0.2, 0.25) is 0 Å². The molecule has 0 aliphatic carbocycles. The highest BCUT2D eigenvalue weighted by Crippen LogP contribution is 2.27. The topological polar surface area (TPSA) is 52.5 Å². The molecule has 1 aromatic carbocycles. The van der Waals surface area contributed by atoms with Crippen molar-refractivity contribution in [2.24, 2.45) is 0 Å². The summed E-state index contributed by atoms with van der Waals surface area (Å²) in [5.74, 6) is 0.923.